The summed E-state index contributed by atoms with van der Waals surface area (Å²) in [7, 11) is 0. The summed E-state index contributed by atoms with van der Waals surface area (Å²) in [6, 6.07) is 21.8. The molecular weight excluding hydrogens is 461 g/mol. The summed E-state index contributed by atoms with van der Waals surface area (Å²) in [6.07, 6.45) is 1.75. The number of ketones is 1. The Morgan fingerprint density at radius 3 is 2.77 bits per heavy atom. The Morgan fingerprint density at radius 2 is 1.89 bits per heavy atom. The number of rotatable bonds is 3. The highest BCUT2D eigenvalue weighted by Gasteiger charge is 2.69. The molecule has 0 radical (unpaired) electrons. The fourth-order valence-corrected chi connectivity index (χ4v) is 7.89. The number of halogens is 1. The van der Waals surface area contributed by atoms with Crippen molar-refractivity contribution in [1.29, 1.82) is 0 Å². The Balaban J connectivity index is 1.51. The van der Waals surface area contributed by atoms with Gasteiger partial charge in [-0.05, 0) is 29.8 Å². The number of thioether (sulfide) groups is 1. The number of benzene rings is 3. The van der Waals surface area contributed by atoms with Crippen LogP contribution in [0.15, 0.2) is 79.0 Å². The molecule has 0 bridgehead atoms. The third-order valence-electron chi connectivity index (χ3n) is 7.90. The van der Waals surface area contributed by atoms with Crippen molar-refractivity contribution in [3.05, 3.63) is 102 Å². The van der Waals surface area contributed by atoms with E-state index in [1.54, 1.807) is 24.0 Å². The van der Waals surface area contributed by atoms with Gasteiger partial charge < -0.3 is 10.3 Å². The molecule has 2 N–H and O–H groups in total. The second-order valence-electron chi connectivity index (χ2n) is 9.47. The first kappa shape index (κ1) is 20.9. The van der Waals surface area contributed by atoms with E-state index in [2.05, 4.69) is 15.2 Å². The maximum absolute atomic E-state index is 14.6. The van der Waals surface area contributed by atoms with Crippen LogP contribution in [-0.2, 0) is 10.3 Å². The second kappa shape index (κ2) is 7.54. The lowest BCUT2D eigenvalue weighted by molar-refractivity contribution is -0.127. The van der Waals surface area contributed by atoms with Gasteiger partial charge in [-0.1, -0.05) is 48.5 Å². The first-order chi connectivity index (χ1) is 17.1. The number of nitrogens with zero attached hydrogens (tertiary/aromatic N) is 1. The summed E-state index contributed by atoms with van der Waals surface area (Å²) in [5.41, 5.74) is 2.61. The molecule has 4 atom stereocenters. The van der Waals surface area contributed by atoms with Crippen molar-refractivity contribution in [3.63, 3.8) is 0 Å². The average molecular weight is 484 g/mol. The number of carbonyl (C=O) groups is 2. The van der Waals surface area contributed by atoms with Crippen LogP contribution in [0.2, 0.25) is 0 Å². The van der Waals surface area contributed by atoms with Gasteiger partial charge in [-0.3, -0.25) is 14.5 Å². The van der Waals surface area contributed by atoms with E-state index in [9.17, 15) is 14.0 Å². The molecule has 2 fully saturated rings. The van der Waals surface area contributed by atoms with Gasteiger partial charge in [0.05, 0.1) is 5.92 Å². The Bertz CT molecular complexity index is 1520. The molecule has 4 aromatic rings. The number of carbonyl (C=O) groups excluding carboxylic acids is 2. The fourth-order valence-electron chi connectivity index (χ4n) is 6.56. The number of aromatic nitrogens is 1. The lowest BCUT2D eigenvalue weighted by atomic mass is 9.69. The van der Waals surface area contributed by atoms with Gasteiger partial charge in [-0.2, -0.15) is 0 Å². The first-order valence-corrected chi connectivity index (χ1v) is 12.9. The molecule has 1 amide bonds. The molecule has 3 aliphatic rings. The van der Waals surface area contributed by atoms with Gasteiger partial charge in [-0.25, -0.2) is 4.39 Å². The SMILES string of the molecule is O=C(c1c[nH]c2ccccc12)[C@@H]1[C@@H](c2cccc(F)c2)[C@@H]2CSCN2[C@@]12C(=O)Nc1ccccc12. The normalized spacial score (nSPS) is 27.3. The largest absolute Gasteiger partial charge is 0.360 e. The molecule has 174 valence electrons. The molecule has 3 aliphatic heterocycles. The van der Waals surface area contributed by atoms with Gasteiger partial charge in [0.25, 0.3) is 0 Å². The minimum atomic E-state index is -1.16. The molecule has 0 aliphatic carbocycles. The number of H-pyrrole nitrogens is 1. The monoisotopic (exact) mass is 483 g/mol. The van der Waals surface area contributed by atoms with E-state index in [0.717, 1.165) is 33.5 Å². The van der Waals surface area contributed by atoms with E-state index in [-0.39, 0.29) is 29.5 Å². The number of aromatic amines is 1. The highest BCUT2D eigenvalue weighted by molar-refractivity contribution is 7.99. The number of Topliss-reactive ketones (excluding diaryl/α,β-unsaturated/α-hetero) is 1. The first-order valence-electron chi connectivity index (χ1n) is 11.7. The van der Waals surface area contributed by atoms with Crippen molar-refractivity contribution in [2.45, 2.75) is 17.5 Å². The second-order valence-corrected chi connectivity index (χ2v) is 10.5. The lowest BCUT2D eigenvalue weighted by Crippen LogP contribution is -2.52. The fraction of sp³-hybridized carbons (Fsp3) is 0.214. The topological polar surface area (TPSA) is 65.2 Å². The van der Waals surface area contributed by atoms with Gasteiger partial charge >= 0.3 is 0 Å². The lowest BCUT2D eigenvalue weighted by Gasteiger charge is -2.36. The molecular formula is C28H22FN3O2S. The summed E-state index contributed by atoms with van der Waals surface area (Å²) in [5.74, 6) is -0.246. The zero-order valence-corrected chi connectivity index (χ0v) is 19.5. The van der Waals surface area contributed by atoms with Gasteiger partial charge in [0.1, 0.15) is 11.4 Å². The molecule has 35 heavy (non-hydrogen) atoms. The van der Waals surface area contributed by atoms with Crippen LogP contribution in [0.5, 0.6) is 0 Å². The molecule has 7 rings (SSSR count). The van der Waals surface area contributed by atoms with Crippen molar-refractivity contribution in [1.82, 2.24) is 9.88 Å². The molecule has 5 nitrogen and oxygen atoms in total. The number of para-hydroxylation sites is 2. The van der Waals surface area contributed by atoms with Gasteiger partial charge in [0, 0.05) is 57.5 Å². The van der Waals surface area contributed by atoms with E-state index in [1.807, 2.05) is 54.6 Å². The van der Waals surface area contributed by atoms with Gasteiger partial charge in [0.2, 0.25) is 5.91 Å². The number of fused-ring (bicyclic) bond motifs is 5. The molecule has 7 heteroatoms. The van der Waals surface area contributed by atoms with Crippen LogP contribution in [0.4, 0.5) is 10.1 Å². The Hall–Kier alpha value is -3.42. The van der Waals surface area contributed by atoms with E-state index in [1.165, 1.54) is 12.1 Å². The van der Waals surface area contributed by atoms with E-state index in [4.69, 9.17) is 0 Å². The third kappa shape index (κ3) is 2.73. The van der Waals surface area contributed by atoms with Gasteiger partial charge in [-0.15, -0.1) is 11.8 Å². The maximum atomic E-state index is 14.6. The third-order valence-corrected chi connectivity index (χ3v) is 8.94. The highest BCUT2D eigenvalue weighted by Crippen LogP contribution is 2.61. The molecule has 0 saturated carbocycles. The number of hydrogen-bond donors (Lipinski definition) is 2. The Labute approximate surface area is 205 Å². The van der Waals surface area contributed by atoms with Crippen molar-refractivity contribution in [2.75, 3.05) is 16.9 Å². The standard InChI is InChI=1S/C28H22FN3O2S/c29-17-7-5-6-16(12-17)24-23-14-35-15-32(23)28(20-9-2-4-11-22(20)31-27(28)34)25(24)26(33)19-13-30-21-10-3-1-8-18(19)21/h1-13,23-25,30H,14-15H2,(H,31,34)/t23-,24-,25-,28+/m0/s1. The molecule has 2 saturated heterocycles. The van der Waals surface area contributed by atoms with Crippen LogP contribution in [-0.4, -0.2) is 39.2 Å². The molecule has 1 spiro atoms. The zero-order chi connectivity index (χ0) is 23.7. The van der Waals surface area contributed by atoms with Crippen LogP contribution in [0.25, 0.3) is 10.9 Å². The summed E-state index contributed by atoms with van der Waals surface area (Å²) < 4.78 is 14.5. The number of nitrogens with one attached hydrogen (secondary N) is 2. The minimum absolute atomic E-state index is 0.0714. The summed E-state index contributed by atoms with van der Waals surface area (Å²) in [4.78, 5) is 34.0. The van der Waals surface area contributed by atoms with Crippen molar-refractivity contribution in [3.8, 4) is 0 Å². The highest BCUT2D eigenvalue weighted by atomic mass is 32.2. The quantitative estimate of drug-likeness (QED) is 0.397. The van der Waals surface area contributed by atoms with E-state index in [0.29, 0.717) is 11.4 Å². The number of amides is 1. The van der Waals surface area contributed by atoms with Crippen molar-refractivity contribution in [2.24, 2.45) is 5.92 Å². The minimum Gasteiger partial charge on any atom is -0.360 e. The van der Waals surface area contributed by atoms with Crippen LogP contribution in [0.1, 0.15) is 27.4 Å². The van der Waals surface area contributed by atoms with E-state index < -0.39 is 11.5 Å². The predicted octanol–water partition coefficient (Wildman–Crippen LogP) is 5.13. The Morgan fingerprint density at radius 1 is 1.06 bits per heavy atom. The number of hydrogen-bond acceptors (Lipinski definition) is 4. The number of anilines is 1. The summed E-state index contributed by atoms with van der Waals surface area (Å²) >= 11 is 1.75. The zero-order valence-electron chi connectivity index (χ0n) is 18.7. The predicted molar refractivity (Wildman–Crippen MR) is 135 cm³/mol. The molecule has 0 unspecified atom stereocenters. The van der Waals surface area contributed by atoms with Crippen molar-refractivity contribution < 1.29 is 14.0 Å². The molecule has 1 aromatic heterocycles. The average Bonchev–Trinajstić information content (AvgIpc) is 3.62. The van der Waals surface area contributed by atoms with Crippen LogP contribution >= 0.6 is 11.8 Å². The van der Waals surface area contributed by atoms with Crippen LogP contribution in [0, 0.1) is 11.7 Å². The summed E-state index contributed by atoms with van der Waals surface area (Å²) in [6.45, 7) is 0. The van der Waals surface area contributed by atoms with Crippen molar-refractivity contribution >= 4 is 40.0 Å². The van der Waals surface area contributed by atoms with Gasteiger partial charge in [0.15, 0.2) is 5.78 Å². The van der Waals surface area contributed by atoms with E-state index >= 15 is 0 Å². The summed E-state index contributed by atoms with van der Waals surface area (Å²) in [5, 5.41) is 3.90. The van der Waals surface area contributed by atoms with Crippen LogP contribution in [0.3, 0.4) is 0 Å². The smallest absolute Gasteiger partial charge is 0.250 e. The molecule has 4 heterocycles. The Kier molecular flexibility index (Phi) is 4.50. The molecule has 3 aromatic carbocycles. The maximum Gasteiger partial charge on any atom is 0.250 e. The van der Waals surface area contributed by atoms with Crippen LogP contribution < -0.4 is 5.32 Å².